The molecule has 0 aliphatic carbocycles. The van der Waals surface area contributed by atoms with E-state index in [1.54, 1.807) is 23.5 Å². The van der Waals surface area contributed by atoms with E-state index in [9.17, 15) is 31.1 Å². The van der Waals surface area contributed by atoms with Crippen LogP contribution in [-0.4, -0.2) is 87.8 Å². The van der Waals surface area contributed by atoms with E-state index in [1.165, 1.54) is 0 Å². The summed E-state index contributed by atoms with van der Waals surface area (Å²) < 4.78 is 79.3. The molecule has 1 saturated heterocycles. The number of rotatable bonds is 1. The SMILES string of the molecule is BC1CN(C(C)(C)C)C(B)(B)CN1C(=O)OC(C(F)(F)F)C(F)(F)F. The van der Waals surface area contributed by atoms with Crippen LogP contribution in [0.1, 0.15) is 20.8 Å². The number of carbonyl (C=O) groups excluding carboxylic acids is 1. The van der Waals surface area contributed by atoms with Crippen molar-refractivity contribution in [1.29, 1.82) is 0 Å². The molecule has 0 aromatic carbocycles. The molecule has 4 nitrogen and oxygen atoms in total. The van der Waals surface area contributed by atoms with Gasteiger partial charge in [-0.25, -0.2) is 4.79 Å². The van der Waals surface area contributed by atoms with Gasteiger partial charge in [0.15, 0.2) is 0 Å². The number of piperazine rings is 1. The van der Waals surface area contributed by atoms with Crippen LogP contribution in [0.4, 0.5) is 31.1 Å². The number of nitrogens with zero attached hydrogens (tertiary/aromatic N) is 2. The zero-order valence-electron chi connectivity index (χ0n) is 15.0. The van der Waals surface area contributed by atoms with E-state index in [1.807, 2.05) is 20.8 Å². The number of hydrogen-bond acceptors (Lipinski definition) is 3. The monoisotopic (exact) mass is 372 g/mol. The number of ether oxygens (including phenoxy) is 1. The van der Waals surface area contributed by atoms with E-state index in [4.69, 9.17) is 0 Å². The standard InChI is InChI=1S/C12H21B3F6N2O2/c1-9(2,3)23-4-6(13)22(5-10(23,14)15)8(24)25-7(11(16,17)18)12(19,20)21/h6-7H,4-5,13-15H2,1-3H3. The van der Waals surface area contributed by atoms with Crippen molar-refractivity contribution in [2.45, 2.75) is 56.0 Å². The van der Waals surface area contributed by atoms with Gasteiger partial charge in [-0.15, -0.1) is 0 Å². The molecule has 0 aromatic rings. The molecule has 25 heavy (non-hydrogen) atoms. The Bertz CT molecular complexity index is 493. The molecule has 1 heterocycles. The average molecular weight is 372 g/mol. The van der Waals surface area contributed by atoms with Crippen molar-refractivity contribution in [3.8, 4) is 0 Å². The summed E-state index contributed by atoms with van der Waals surface area (Å²) in [4.78, 5) is 15.0. The zero-order chi connectivity index (χ0) is 20.0. The average Bonchev–Trinajstić information content (AvgIpc) is 2.33. The van der Waals surface area contributed by atoms with E-state index in [-0.39, 0.29) is 12.1 Å². The Hall–Kier alpha value is -0.995. The molecule has 1 atom stereocenters. The van der Waals surface area contributed by atoms with Crippen molar-refractivity contribution in [2.24, 2.45) is 0 Å². The van der Waals surface area contributed by atoms with Crippen molar-refractivity contribution < 1.29 is 35.9 Å². The minimum atomic E-state index is -5.72. The molecule has 1 amide bonds. The lowest BCUT2D eigenvalue weighted by atomic mass is 9.57. The van der Waals surface area contributed by atoms with Crippen LogP contribution >= 0.6 is 0 Å². The molecule has 0 N–H and O–H groups in total. The van der Waals surface area contributed by atoms with Crippen LogP contribution in [-0.2, 0) is 4.74 Å². The largest absolute Gasteiger partial charge is 0.434 e. The highest BCUT2D eigenvalue weighted by Gasteiger charge is 2.60. The molecular formula is C12H21B3F6N2O2. The van der Waals surface area contributed by atoms with Gasteiger partial charge in [0, 0.05) is 24.6 Å². The van der Waals surface area contributed by atoms with Crippen molar-refractivity contribution in [3.63, 3.8) is 0 Å². The van der Waals surface area contributed by atoms with Crippen LogP contribution in [0.3, 0.4) is 0 Å². The van der Waals surface area contributed by atoms with Gasteiger partial charge in [-0.3, -0.25) is 0 Å². The zero-order valence-corrected chi connectivity index (χ0v) is 15.0. The third kappa shape index (κ3) is 5.24. The van der Waals surface area contributed by atoms with E-state index in [0.717, 1.165) is 4.90 Å². The lowest BCUT2D eigenvalue weighted by molar-refractivity contribution is -0.308. The normalized spacial score (nSPS) is 23.0. The quantitative estimate of drug-likeness (QED) is 0.477. The van der Waals surface area contributed by atoms with Crippen molar-refractivity contribution in [1.82, 2.24) is 9.80 Å². The van der Waals surface area contributed by atoms with E-state index >= 15 is 0 Å². The number of hydrogen-bond donors (Lipinski definition) is 0. The topological polar surface area (TPSA) is 32.8 Å². The summed E-state index contributed by atoms with van der Waals surface area (Å²) in [6, 6.07) is 0. The summed E-state index contributed by atoms with van der Waals surface area (Å²) in [5.41, 5.74) is -0.284. The van der Waals surface area contributed by atoms with Crippen LogP contribution in [0.5, 0.6) is 0 Å². The molecule has 0 saturated carbocycles. The van der Waals surface area contributed by atoms with Gasteiger partial charge in [0.2, 0.25) is 0 Å². The maximum Gasteiger partial charge on any atom is 0.434 e. The van der Waals surface area contributed by atoms with E-state index < -0.39 is 35.8 Å². The molecule has 0 aromatic heterocycles. The minimum absolute atomic E-state index is 0.0489. The second-order valence-corrected chi connectivity index (χ2v) is 7.92. The van der Waals surface area contributed by atoms with Gasteiger partial charge >= 0.3 is 18.4 Å². The van der Waals surface area contributed by atoms with Crippen molar-refractivity contribution in [2.75, 3.05) is 13.1 Å². The first kappa shape index (κ1) is 22.0. The summed E-state index contributed by atoms with van der Waals surface area (Å²) >= 11 is 0. The third-order valence-electron chi connectivity index (χ3n) is 4.12. The molecule has 1 fully saturated rings. The number of alkyl halides is 6. The highest BCUT2D eigenvalue weighted by atomic mass is 19.4. The molecule has 142 valence electrons. The van der Waals surface area contributed by atoms with Gasteiger partial charge in [-0.2, -0.15) is 26.3 Å². The smallest absolute Gasteiger partial charge is 0.426 e. The van der Waals surface area contributed by atoms with Gasteiger partial charge in [-0.1, -0.05) is 0 Å². The van der Waals surface area contributed by atoms with Crippen LogP contribution < -0.4 is 0 Å². The van der Waals surface area contributed by atoms with E-state index in [2.05, 4.69) is 9.64 Å². The molecule has 1 aliphatic heterocycles. The highest BCUT2D eigenvalue weighted by Crippen LogP contribution is 2.36. The Kier molecular flexibility index (Phi) is 5.84. The minimum Gasteiger partial charge on any atom is -0.426 e. The van der Waals surface area contributed by atoms with Gasteiger partial charge in [-0.05, 0) is 26.1 Å². The number of halogens is 6. The van der Waals surface area contributed by atoms with Crippen molar-refractivity contribution in [3.05, 3.63) is 0 Å². The molecule has 1 rings (SSSR count). The predicted octanol–water partition coefficient (Wildman–Crippen LogP) is -0.0885. The summed E-state index contributed by atoms with van der Waals surface area (Å²) in [7, 11) is 5.11. The Morgan fingerprint density at radius 2 is 1.56 bits per heavy atom. The molecule has 0 spiro atoms. The molecule has 1 unspecified atom stereocenters. The molecule has 13 heteroatoms. The second-order valence-electron chi connectivity index (χ2n) is 7.92. The van der Waals surface area contributed by atoms with Crippen LogP contribution in [0.2, 0.25) is 0 Å². The Morgan fingerprint density at radius 3 is 1.92 bits per heavy atom. The van der Waals surface area contributed by atoms with Gasteiger partial charge in [0.05, 0.1) is 0 Å². The van der Waals surface area contributed by atoms with Crippen LogP contribution in [0, 0.1) is 0 Å². The number of carbonyl (C=O) groups is 1. The lowest BCUT2D eigenvalue weighted by Gasteiger charge is -2.55. The Balaban J connectivity index is 3.00. The Morgan fingerprint density at radius 1 is 1.12 bits per heavy atom. The fraction of sp³-hybridized carbons (Fsp3) is 0.917. The third-order valence-corrected chi connectivity index (χ3v) is 4.12. The van der Waals surface area contributed by atoms with Gasteiger partial charge < -0.3 is 14.5 Å². The molecule has 0 radical (unpaired) electrons. The summed E-state index contributed by atoms with van der Waals surface area (Å²) in [6.07, 6.45) is -17.2. The molecule has 0 bridgehead atoms. The summed E-state index contributed by atoms with van der Waals surface area (Å²) in [5.74, 6) is -0.595. The summed E-state index contributed by atoms with van der Waals surface area (Å²) in [5, 5.41) is -0.643. The van der Waals surface area contributed by atoms with Crippen LogP contribution in [0.15, 0.2) is 0 Å². The molecule has 1 aliphatic rings. The highest BCUT2D eigenvalue weighted by molar-refractivity contribution is 6.40. The molecular weight excluding hydrogens is 351 g/mol. The van der Waals surface area contributed by atoms with Crippen LogP contribution in [0.25, 0.3) is 0 Å². The first-order valence-corrected chi connectivity index (χ1v) is 7.76. The second kappa shape index (κ2) is 6.62. The first-order valence-electron chi connectivity index (χ1n) is 7.76. The fourth-order valence-electron chi connectivity index (χ4n) is 3.18. The van der Waals surface area contributed by atoms with Gasteiger partial charge in [0.1, 0.15) is 23.5 Å². The number of amides is 1. The lowest BCUT2D eigenvalue weighted by Crippen LogP contribution is -2.72. The van der Waals surface area contributed by atoms with Crippen molar-refractivity contribution >= 4 is 29.6 Å². The Labute approximate surface area is 145 Å². The maximum atomic E-state index is 12.6. The maximum absolute atomic E-state index is 12.6. The summed E-state index contributed by atoms with van der Waals surface area (Å²) in [6.45, 7) is 6.08. The van der Waals surface area contributed by atoms with E-state index in [0.29, 0.717) is 6.54 Å². The predicted molar refractivity (Wildman–Crippen MR) is 87.7 cm³/mol. The fourth-order valence-corrected chi connectivity index (χ4v) is 3.18. The van der Waals surface area contributed by atoms with Gasteiger partial charge in [0.25, 0.3) is 6.10 Å². The first-order chi connectivity index (χ1) is 10.9.